The van der Waals surface area contributed by atoms with E-state index in [4.69, 9.17) is 5.11 Å². The molecule has 0 aliphatic carbocycles. The summed E-state index contributed by atoms with van der Waals surface area (Å²) in [6.45, 7) is 2.66. The lowest BCUT2D eigenvalue weighted by atomic mass is 10.2. The van der Waals surface area contributed by atoms with Crippen LogP contribution in [0.5, 0.6) is 0 Å². The van der Waals surface area contributed by atoms with Gasteiger partial charge in [0, 0.05) is 17.2 Å². The van der Waals surface area contributed by atoms with Gasteiger partial charge in [0.05, 0.1) is 28.3 Å². The third-order valence-electron chi connectivity index (χ3n) is 4.75. The molecule has 0 bridgehead atoms. The van der Waals surface area contributed by atoms with Crippen molar-refractivity contribution in [2.45, 2.75) is 23.5 Å². The zero-order chi connectivity index (χ0) is 20.6. The highest BCUT2D eigenvalue weighted by Crippen LogP contribution is 2.35. The van der Waals surface area contributed by atoms with Crippen molar-refractivity contribution >= 4 is 56.2 Å². The maximum Gasteiger partial charge on any atom is 0.273 e. The van der Waals surface area contributed by atoms with Gasteiger partial charge in [0.2, 0.25) is 0 Å². The lowest BCUT2D eigenvalue weighted by molar-refractivity contribution is 0.288. The Bertz CT molecular complexity index is 1190. The second-order valence-corrected chi connectivity index (χ2v) is 10.6. The average molecular weight is 448 g/mol. The number of thioether (sulfide) groups is 1. The largest absolute Gasteiger partial charge is 0.396 e. The molecule has 29 heavy (non-hydrogen) atoms. The second-order valence-electron chi connectivity index (χ2n) is 6.89. The van der Waals surface area contributed by atoms with E-state index in [0.717, 1.165) is 25.4 Å². The fourth-order valence-electron chi connectivity index (χ4n) is 3.28. The lowest BCUT2D eigenvalue weighted by Gasteiger charge is -2.19. The number of anilines is 1. The predicted molar refractivity (Wildman–Crippen MR) is 123 cm³/mol. The number of aromatic nitrogens is 1. The van der Waals surface area contributed by atoms with Gasteiger partial charge in [0.15, 0.2) is 0 Å². The number of para-hydroxylation sites is 1. The fraction of sp³-hybridized carbons (Fsp3) is 0.250. The smallest absolute Gasteiger partial charge is 0.273 e. The van der Waals surface area contributed by atoms with Gasteiger partial charge in [-0.3, -0.25) is 4.99 Å². The van der Waals surface area contributed by atoms with Crippen LogP contribution in [0.25, 0.3) is 10.9 Å². The molecule has 152 valence electrons. The summed E-state index contributed by atoms with van der Waals surface area (Å²) in [6, 6.07) is 14.2. The molecule has 4 rings (SSSR count). The minimum Gasteiger partial charge on any atom is -0.396 e. The molecule has 1 atom stereocenters. The molecule has 2 heterocycles. The van der Waals surface area contributed by atoms with Gasteiger partial charge in [-0.1, -0.05) is 36.0 Å². The zero-order valence-corrected chi connectivity index (χ0v) is 18.3. The number of aliphatic hydroxyl groups is 1. The number of aliphatic hydroxyl groups excluding tert-OH is 1. The Labute approximate surface area is 179 Å². The number of hydrogen-bond acceptors (Lipinski definition) is 6. The van der Waals surface area contributed by atoms with Crippen LogP contribution in [0.2, 0.25) is 0 Å². The molecule has 0 amide bonds. The van der Waals surface area contributed by atoms with E-state index in [2.05, 4.69) is 22.8 Å². The highest BCUT2D eigenvalue weighted by Gasteiger charge is 2.26. The number of aryl methyl sites for hydroxylation is 1. The molecule has 1 aliphatic rings. The van der Waals surface area contributed by atoms with Gasteiger partial charge in [-0.2, -0.15) is 0 Å². The van der Waals surface area contributed by atoms with E-state index >= 15 is 0 Å². The van der Waals surface area contributed by atoms with Gasteiger partial charge in [0.1, 0.15) is 5.04 Å². The van der Waals surface area contributed by atoms with E-state index in [-0.39, 0.29) is 16.8 Å². The van der Waals surface area contributed by atoms with E-state index < -0.39 is 10.0 Å². The summed E-state index contributed by atoms with van der Waals surface area (Å²) in [5.41, 5.74) is 2.84. The second kappa shape index (κ2) is 8.06. The maximum atomic E-state index is 13.1. The van der Waals surface area contributed by atoms with Crippen LogP contribution in [0.4, 0.5) is 5.69 Å². The van der Waals surface area contributed by atoms with Gasteiger partial charge in [-0.25, -0.2) is 12.1 Å². The number of sulfonamides is 1. The monoisotopic (exact) mass is 447 g/mol. The zero-order valence-electron chi connectivity index (χ0n) is 15.7. The van der Waals surface area contributed by atoms with Crippen LogP contribution in [0, 0.1) is 6.92 Å². The first-order chi connectivity index (χ1) is 13.9. The van der Waals surface area contributed by atoms with Gasteiger partial charge in [-0.15, -0.1) is 0 Å². The van der Waals surface area contributed by atoms with Crippen molar-refractivity contribution in [3.8, 4) is 0 Å². The van der Waals surface area contributed by atoms with Gasteiger partial charge in [0.25, 0.3) is 10.0 Å². The number of fused-ring (bicyclic) bond motifs is 1. The molecule has 0 spiro atoms. The van der Waals surface area contributed by atoms with Crippen LogP contribution < -0.4 is 3.71 Å². The first kappa shape index (κ1) is 20.3. The van der Waals surface area contributed by atoms with Crippen LogP contribution in [-0.4, -0.2) is 42.0 Å². The van der Waals surface area contributed by atoms with Crippen LogP contribution >= 0.6 is 24.6 Å². The van der Waals surface area contributed by atoms with Crippen molar-refractivity contribution in [1.29, 1.82) is 0 Å². The van der Waals surface area contributed by atoms with Crippen molar-refractivity contribution in [1.82, 2.24) is 4.98 Å². The molecule has 0 fully saturated rings. The fourth-order valence-corrected chi connectivity index (χ4v) is 6.00. The number of rotatable bonds is 6. The Hall–Kier alpha value is -1.94. The molecule has 0 radical (unpaired) electrons. The Kier molecular flexibility index (Phi) is 5.65. The first-order valence-electron chi connectivity index (χ1n) is 9.15. The van der Waals surface area contributed by atoms with Crippen molar-refractivity contribution in [3.05, 3.63) is 59.8 Å². The molecule has 1 unspecified atom stereocenters. The minimum atomic E-state index is -3.82. The highest BCUT2D eigenvalue weighted by molar-refractivity contribution is 8.15. The number of benzene rings is 2. The molecular weight excluding hydrogens is 426 g/mol. The van der Waals surface area contributed by atoms with Crippen molar-refractivity contribution in [2.24, 2.45) is 4.99 Å². The van der Waals surface area contributed by atoms with Gasteiger partial charge >= 0.3 is 0 Å². The first-order valence-corrected chi connectivity index (χ1v) is 11.9. The summed E-state index contributed by atoms with van der Waals surface area (Å²) < 4.78 is 27.2. The van der Waals surface area contributed by atoms with Crippen molar-refractivity contribution < 1.29 is 13.5 Å². The van der Waals surface area contributed by atoms with E-state index in [1.54, 1.807) is 36.0 Å². The number of hydrogen-bond donors (Lipinski definition) is 3. The maximum absolute atomic E-state index is 13.1. The normalized spacial score (nSPS) is 16.9. The van der Waals surface area contributed by atoms with Crippen molar-refractivity contribution in [2.75, 3.05) is 16.9 Å². The van der Waals surface area contributed by atoms with Crippen LogP contribution in [0.15, 0.2) is 58.4 Å². The summed E-state index contributed by atoms with van der Waals surface area (Å²) in [5, 5.41) is 11.2. The number of thiol groups is 1. The molecule has 3 aromatic rings. The highest BCUT2D eigenvalue weighted by atomic mass is 32.3. The van der Waals surface area contributed by atoms with Crippen LogP contribution in [0.3, 0.4) is 0 Å². The van der Waals surface area contributed by atoms with Crippen LogP contribution in [-0.2, 0) is 10.0 Å². The summed E-state index contributed by atoms with van der Waals surface area (Å²) in [4.78, 5) is 8.08. The molecule has 9 heteroatoms. The third-order valence-corrected chi connectivity index (χ3v) is 8.41. The molecular formula is C20H21N3O3S3. The third kappa shape index (κ3) is 3.92. The van der Waals surface area contributed by atoms with Crippen LogP contribution in [0.1, 0.15) is 17.7 Å². The standard InChI is InChI=1S/C20H21N3O3S3/c1-13-4-2-6-16(10-13)29(25,26)23(27)18-7-3-5-14-11-17(22-19(14)18)20-21-12-15(28-20)8-9-24/h2-7,10-11,15,22,24,27H,8-9,12H2,1H3. The Morgan fingerprint density at radius 2 is 2.07 bits per heavy atom. The molecule has 1 aromatic heterocycles. The average Bonchev–Trinajstić information content (AvgIpc) is 3.34. The number of aromatic amines is 1. The number of aliphatic imine (C=N–C) groups is 1. The Morgan fingerprint density at radius 1 is 1.28 bits per heavy atom. The Morgan fingerprint density at radius 3 is 2.83 bits per heavy atom. The summed E-state index contributed by atoms with van der Waals surface area (Å²) in [7, 11) is -3.82. The predicted octanol–water partition coefficient (Wildman–Crippen LogP) is 3.76. The molecule has 0 saturated heterocycles. The van der Waals surface area contributed by atoms with E-state index in [9.17, 15) is 8.42 Å². The van der Waals surface area contributed by atoms with Gasteiger partial charge in [-0.05, 0) is 56.0 Å². The molecule has 2 aromatic carbocycles. The summed E-state index contributed by atoms with van der Waals surface area (Å²) in [6.07, 6.45) is 0.697. The Balaban J connectivity index is 1.71. The minimum absolute atomic E-state index is 0.142. The number of nitrogens with one attached hydrogen (secondary N) is 1. The van der Waals surface area contributed by atoms with E-state index in [1.165, 1.54) is 0 Å². The van der Waals surface area contributed by atoms with Crippen molar-refractivity contribution in [3.63, 3.8) is 0 Å². The quantitative estimate of drug-likeness (QED) is 0.502. The SMILES string of the molecule is Cc1cccc(S(=O)(=O)N(S)c2cccc3cc(C4=NCC(CCO)S4)[nH]c23)c1. The lowest BCUT2D eigenvalue weighted by Crippen LogP contribution is -2.21. The molecule has 0 saturated carbocycles. The molecule has 1 aliphatic heterocycles. The number of nitrogens with zero attached hydrogens (tertiary/aromatic N) is 2. The molecule has 2 N–H and O–H groups in total. The molecule has 6 nitrogen and oxygen atoms in total. The van der Waals surface area contributed by atoms with Gasteiger partial charge < -0.3 is 10.1 Å². The summed E-state index contributed by atoms with van der Waals surface area (Å²) in [5.74, 6) is 0. The van der Waals surface area contributed by atoms with E-state index in [0.29, 0.717) is 24.2 Å². The van der Waals surface area contributed by atoms with E-state index in [1.807, 2.05) is 31.2 Å². The number of H-pyrrole nitrogens is 1. The topological polar surface area (TPSA) is 85.8 Å². The summed E-state index contributed by atoms with van der Waals surface area (Å²) >= 11 is 5.97.